The van der Waals surface area contributed by atoms with Crippen LogP contribution in [0, 0.1) is 13.8 Å². The summed E-state index contributed by atoms with van der Waals surface area (Å²) in [5.74, 6) is -0.290. The van der Waals surface area contributed by atoms with Crippen molar-refractivity contribution in [2.75, 3.05) is 20.1 Å². The van der Waals surface area contributed by atoms with Crippen molar-refractivity contribution in [3.63, 3.8) is 0 Å². The summed E-state index contributed by atoms with van der Waals surface area (Å²) in [6, 6.07) is 4.97. The van der Waals surface area contributed by atoms with Gasteiger partial charge in [-0.2, -0.15) is 4.31 Å². The Kier molecular flexibility index (Phi) is 5.71. The van der Waals surface area contributed by atoms with Gasteiger partial charge >= 0.3 is 0 Å². The molecule has 0 aliphatic carbocycles. The van der Waals surface area contributed by atoms with Crippen LogP contribution in [0.2, 0.25) is 0 Å². The summed E-state index contributed by atoms with van der Waals surface area (Å²) in [5, 5.41) is 2.66. The maximum Gasteiger partial charge on any atom is 0.243 e. The first kappa shape index (κ1) is 16.7. The molecule has 0 aliphatic rings. The van der Waals surface area contributed by atoms with Crippen molar-refractivity contribution in [2.24, 2.45) is 0 Å². The van der Waals surface area contributed by atoms with E-state index in [-0.39, 0.29) is 17.3 Å². The summed E-state index contributed by atoms with van der Waals surface area (Å²) in [6.07, 6.45) is 0.819. The van der Waals surface area contributed by atoms with E-state index in [1.165, 1.54) is 7.05 Å². The lowest BCUT2D eigenvalue weighted by atomic mass is 10.1. The van der Waals surface area contributed by atoms with Crippen molar-refractivity contribution in [2.45, 2.75) is 32.1 Å². The number of benzene rings is 1. The van der Waals surface area contributed by atoms with Crippen LogP contribution >= 0.6 is 0 Å². The van der Waals surface area contributed by atoms with Gasteiger partial charge in [-0.15, -0.1) is 0 Å². The second-order valence-electron chi connectivity index (χ2n) is 4.86. The minimum atomic E-state index is -3.63. The monoisotopic (exact) mass is 298 g/mol. The van der Waals surface area contributed by atoms with E-state index in [1.807, 2.05) is 20.8 Å². The Labute approximate surface area is 121 Å². The Morgan fingerprint density at radius 2 is 1.90 bits per heavy atom. The Balaban J connectivity index is 2.87. The highest BCUT2D eigenvalue weighted by atomic mass is 32.2. The number of carbonyl (C=O) groups excluding carboxylic acids is 1. The number of sulfonamides is 1. The fourth-order valence-electron chi connectivity index (χ4n) is 1.66. The summed E-state index contributed by atoms with van der Waals surface area (Å²) >= 11 is 0. The molecule has 112 valence electrons. The molecule has 0 bridgehead atoms. The van der Waals surface area contributed by atoms with Crippen LogP contribution in [0.1, 0.15) is 24.5 Å². The molecule has 1 aromatic carbocycles. The molecule has 0 aromatic heterocycles. The number of hydrogen-bond donors (Lipinski definition) is 1. The summed E-state index contributed by atoms with van der Waals surface area (Å²) in [4.78, 5) is 11.8. The van der Waals surface area contributed by atoms with Crippen LogP contribution in [0.5, 0.6) is 0 Å². The molecular formula is C14H22N2O3S. The van der Waals surface area contributed by atoms with E-state index in [4.69, 9.17) is 0 Å². The summed E-state index contributed by atoms with van der Waals surface area (Å²) in [7, 11) is -2.21. The van der Waals surface area contributed by atoms with Gasteiger partial charge in [-0.3, -0.25) is 4.79 Å². The SMILES string of the molecule is CCCNC(=O)CN(C)S(=O)(=O)c1ccc(C)c(C)c1. The molecule has 1 N–H and O–H groups in total. The van der Waals surface area contributed by atoms with E-state index >= 15 is 0 Å². The number of nitrogens with zero attached hydrogens (tertiary/aromatic N) is 1. The molecule has 6 heteroatoms. The highest BCUT2D eigenvalue weighted by molar-refractivity contribution is 7.89. The molecule has 1 amide bonds. The second-order valence-corrected chi connectivity index (χ2v) is 6.90. The number of likely N-dealkylation sites (N-methyl/N-ethyl adjacent to an activating group) is 1. The van der Waals surface area contributed by atoms with E-state index in [2.05, 4.69) is 5.32 Å². The van der Waals surface area contributed by atoms with Gasteiger partial charge in [-0.05, 0) is 43.5 Å². The number of aryl methyl sites for hydroxylation is 2. The van der Waals surface area contributed by atoms with Crippen molar-refractivity contribution in [1.82, 2.24) is 9.62 Å². The molecule has 0 saturated heterocycles. The molecule has 20 heavy (non-hydrogen) atoms. The van der Waals surface area contributed by atoms with Crippen LogP contribution in [0.4, 0.5) is 0 Å². The Morgan fingerprint density at radius 1 is 1.25 bits per heavy atom. The normalized spacial score (nSPS) is 11.7. The molecule has 1 aromatic rings. The van der Waals surface area contributed by atoms with Gasteiger partial charge in [0.1, 0.15) is 0 Å². The molecule has 0 radical (unpaired) electrons. The summed E-state index contributed by atoms with van der Waals surface area (Å²) in [5.41, 5.74) is 1.95. The molecule has 0 heterocycles. The zero-order chi connectivity index (χ0) is 15.3. The maximum absolute atomic E-state index is 12.4. The Morgan fingerprint density at radius 3 is 2.45 bits per heavy atom. The first-order valence-corrected chi connectivity index (χ1v) is 8.03. The molecule has 5 nitrogen and oxygen atoms in total. The molecule has 0 aliphatic heterocycles. The quantitative estimate of drug-likeness (QED) is 0.864. The predicted molar refractivity (Wildman–Crippen MR) is 79.0 cm³/mol. The smallest absolute Gasteiger partial charge is 0.243 e. The highest BCUT2D eigenvalue weighted by Gasteiger charge is 2.23. The molecular weight excluding hydrogens is 276 g/mol. The molecule has 0 atom stereocenters. The van der Waals surface area contributed by atoms with Crippen molar-refractivity contribution < 1.29 is 13.2 Å². The zero-order valence-electron chi connectivity index (χ0n) is 12.4. The molecule has 0 unspecified atom stereocenters. The average Bonchev–Trinajstić information content (AvgIpc) is 2.39. The first-order valence-electron chi connectivity index (χ1n) is 6.59. The third kappa shape index (κ3) is 4.05. The number of amides is 1. The third-order valence-corrected chi connectivity index (χ3v) is 4.92. The number of rotatable bonds is 6. The molecule has 0 fully saturated rings. The van der Waals surface area contributed by atoms with Crippen LogP contribution in [-0.2, 0) is 14.8 Å². The van der Waals surface area contributed by atoms with Crippen molar-refractivity contribution >= 4 is 15.9 Å². The lowest BCUT2D eigenvalue weighted by Gasteiger charge is -2.17. The van der Waals surface area contributed by atoms with E-state index in [1.54, 1.807) is 18.2 Å². The van der Waals surface area contributed by atoms with E-state index in [0.717, 1.165) is 21.9 Å². The van der Waals surface area contributed by atoms with Crippen molar-refractivity contribution in [3.8, 4) is 0 Å². The third-order valence-electron chi connectivity index (χ3n) is 3.12. The zero-order valence-corrected chi connectivity index (χ0v) is 13.3. The highest BCUT2D eigenvalue weighted by Crippen LogP contribution is 2.17. The maximum atomic E-state index is 12.4. The van der Waals surface area contributed by atoms with Crippen LogP contribution < -0.4 is 5.32 Å². The minimum Gasteiger partial charge on any atom is -0.355 e. The van der Waals surface area contributed by atoms with E-state index in [0.29, 0.717) is 6.54 Å². The Bertz CT molecular complexity index is 582. The van der Waals surface area contributed by atoms with Crippen LogP contribution in [0.25, 0.3) is 0 Å². The number of nitrogens with one attached hydrogen (secondary N) is 1. The van der Waals surface area contributed by atoms with Crippen LogP contribution in [0.3, 0.4) is 0 Å². The lowest BCUT2D eigenvalue weighted by molar-refractivity contribution is -0.121. The predicted octanol–water partition coefficient (Wildman–Crippen LogP) is 1.45. The average molecular weight is 298 g/mol. The van der Waals surface area contributed by atoms with Gasteiger partial charge in [0.05, 0.1) is 11.4 Å². The van der Waals surface area contributed by atoms with Gasteiger partial charge in [0.25, 0.3) is 0 Å². The minimum absolute atomic E-state index is 0.171. The van der Waals surface area contributed by atoms with E-state index in [9.17, 15) is 13.2 Å². The van der Waals surface area contributed by atoms with Gasteiger partial charge in [0, 0.05) is 13.6 Å². The van der Waals surface area contributed by atoms with Gasteiger partial charge < -0.3 is 5.32 Å². The van der Waals surface area contributed by atoms with Crippen molar-refractivity contribution in [1.29, 1.82) is 0 Å². The number of carbonyl (C=O) groups is 1. The second kappa shape index (κ2) is 6.85. The summed E-state index contributed by atoms with van der Waals surface area (Å²) < 4.78 is 25.8. The van der Waals surface area contributed by atoms with Gasteiger partial charge in [0.2, 0.25) is 15.9 Å². The number of hydrogen-bond acceptors (Lipinski definition) is 3. The van der Waals surface area contributed by atoms with Crippen molar-refractivity contribution in [3.05, 3.63) is 29.3 Å². The first-order chi connectivity index (χ1) is 9.28. The molecule has 0 saturated carbocycles. The van der Waals surface area contributed by atoms with E-state index < -0.39 is 10.0 Å². The Hall–Kier alpha value is -1.40. The van der Waals surface area contributed by atoms with Gasteiger partial charge in [0.15, 0.2) is 0 Å². The lowest BCUT2D eigenvalue weighted by Crippen LogP contribution is -2.38. The van der Waals surface area contributed by atoms with Crippen LogP contribution in [-0.4, -0.2) is 38.8 Å². The van der Waals surface area contributed by atoms with Gasteiger partial charge in [-0.25, -0.2) is 8.42 Å². The summed E-state index contributed by atoms with van der Waals surface area (Å²) in [6.45, 7) is 6.11. The van der Waals surface area contributed by atoms with Gasteiger partial charge in [-0.1, -0.05) is 13.0 Å². The fraction of sp³-hybridized carbons (Fsp3) is 0.500. The largest absolute Gasteiger partial charge is 0.355 e. The molecule has 0 spiro atoms. The molecule has 1 rings (SSSR count). The standard InChI is InChI=1S/C14H22N2O3S/c1-5-8-15-14(17)10-16(4)20(18,19)13-7-6-11(2)12(3)9-13/h6-7,9H,5,8,10H2,1-4H3,(H,15,17). The topological polar surface area (TPSA) is 66.5 Å². The fourth-order valence-corrected chi connectivity index (χ4v) is 2.87. The van der Waals surface area contributed by atoms with Crippen LogP contribution in [0.15, 0.2) is 23.1 Å².